The Morgan fingerprint density at radius 3 is 2.58 bits per heavy atom. The maximum Gasteiger partial charge on any atom is 0.396 e. The minimum atomic E-state index is -4.74. The predicted octanol–water partition coefficient (Wildman–Crippen LogP) is 3.28. The first-order valence-electron chi connectivity index (χ1n) is 6.28. The molecule has 0 heterocycles. The number of alkyl halides is 4. The number of rotatable bonds is 3. The van der Waals surface area contributed by atoms with Crippen LogP contribution in [0.4, 0.5) is 17.6 Å². The summed E-state index contributed by atoms with van der Waals surface area (Å²) < 4.78 is 58.5. The average molecular weight is 280 g/mol. The third kappa shape index (κ3) is 2.25. The van der Waals surface area contributed by atoms with E-state index in [0.717, 1.165) is 0 Å². The molecule has 1 saturated carbocycles. The third-order valence-corrected chi connectivity index (χ3v) is 3.75. The van der Waals surface area contributed by atoms with Gasteiger partial charge in [0.1, 0.15) is 5.92 Å². The van der Waals surface area contributed by atoms with Crippen LogP contribution in [0.2, 0.25) is 0 Å². The molecule has 4 atom stereocenters. The highest BCUT2D eigenvalue weighted by molar-refractivity contribution is 5.82. The molecule has 0 saturated heterocycles. The first-order valence-corrected chi connectivity index (χ1v) is 6.28. The Balaban J connectivity index is 2.24. The quantitative estimate of drug-likeness (QED) is 0.450. The molecular formula is C13H16F4O2. The van der Waals surface area contributed by atoms with Crippen molar-refractivity contribution in [3.63, 3.8) is 0 Å². The van der Waals surface area contributed by atoms with E-state index in [2.05, 4.69) is 0 Å². The Labute approximate surface area is 108 Å². The molecule has 0 aromatic heterocycles. The lowest BCUT2D eigenvalue weighted by molar-refractivity contribution is -0.223. The van der Waals surface area contributed by atoms with Crippen molar-refractivity contribution in [2.75, 3.05) is 6.61 Å². The molecule has 0 aromatic carbocycles. The Bertz CT molecular complexity index is 402. The second-order valence-electron chi connectivity index (χ2n) is 5.67. The molecule has 1 fully saturated rings. The van der Waals surface area contributed by atoms with Crippen LogP contribution in [0.15, 0.2) is 12.2 Å². The molecule has 2 nitrogen and oxygen atoms in total. The van der Waals surface area contributed by atoms with Crippen LogP contribution in [0, 0.1) is 23.7 Å². The maximum absolute atomic E-state index is 14.8. The number of carbonyl (C=O) groups is 1. The number of allylic oxidation sites excluding steroid dienone is 2. The van der Waals surface area contributed by atoms with E-state index in [4.69, 9.17) is 4.74 Å². The highest BCUT2D eigenvalue weighted by Crippen LogP contribution is 2.58. The van der Waals surface area contributed by atoms with Gasteiger partial charge in [0, 0.05) is 5.92 Å². The SMILES string of the molecule is CC(C)COC(=O)C1(F)C2C=CC(C2)C1C(F)(F)F. The fourth-order valence-electron chi connectivity index (χ4n) is 2.94. The normalized spacial score (nSPS) is 37.1. The van der Waals surface area contributed by atoms with Crippen molar-refractivity contribution in [2.45, 2.75) is 32.1 Å². The van der Waals surface area contributed by atoms with E-state index in [1.165, 1.54) is 12.2 Å². The number of esters is 1. The van der Waals surface area contributed by atoms with Gasteiger partial charge in [0.2, 0.25) is 5.67 Å². The van der Waals surface area contributed by atoms with Gasteiger partial charge in [-0.1, -0.05) is 26.0 Å². The van der Waals surface area contributed by atoms with Gasteiger partial charge in [-0.2, -0.15) is 13.2 Å². The summed E-state index contributed by atoms with van der Waals surface area (Å²) in [6.07, 6.45) is -1.99. The van der Waals surface area contributed by atoms with Crippen LogP contribution in [-0.2, 0) is 9.53 Å². The van der Waals surface area contributed by atoms with Crippen LogP contribution in [0.25, 0.3) is 0 Å². The molecule has 6 heteroatoms. The van der Waals surface area contributed by atoms with Crippen molar-refractivity contribution < 1.29 is 27.1 Å². The van der Waals surface area contributed by atoms with E-state index in [9.17, 15) is 22.4 Å². The van der Waals surface area contributed by atoms with Gasteiger partial charge >= 0.3 is 12.1 Å². The van der Waals surface area contributed by atoms with Gasteiger partial charge in [-0.15, -0.1) is 0 Å². The van der Waals surface area contributed by atoms with Crippen LogP contribution in [-0.4, -0.2) is 24.4 Å². The number of halogens is 4. The summed E-state index contributed by atoms with van der Waals surface area (Å²) in [5, 5.41) is 0. The van der Waals surface area contributed by atoms with Crippen molar-refractivity contribution in [2.24, 2.45) is 23.7 Å². The molecule has 2 rings (SSSR count). The zero-order valence-electron chi connectivity index (χ0n) is 10.7. The van der Waals surface area contributed by atoms with Gasteiger partial charge in [-0.25, -0.2) is 9.18 Å². The molecule has 2 aliphatic carbocycles. The Kier molecular flexibility index (Phi) is 3.39. The Hall–Kier alpha value is -1.07. The molecule has 0 aliphatic heterocycles. The van der Waals surface area contributed by atoms with E-state index in [0.29, 0.717) is 0 Å². The van der Waals surface area contributed by atoms with Crippen LogP contribution in [0.1, 0.15) is 20.3 Å². The van der Waals surface area contributed by atoms with Gasteiger partial charge in [0.15, 0.2) is 0 Å². The molecule has 2 bridgehead atoms. The first-order chi connectivity index (χ1) is 8.67. The molecule has 0 radical (unpaired) electrons. The largest absolute Gasteiger partial charge is 0.463 e. The summed E-state index contributed by atoms with van der Waals surface area (Å²) in [5.41, 5.74) is -2.97. The summed E-state index contributed by atoms with van der Waals surface area (Å²) in [7, 11) is 0. The Morgan fingerprint density at radius 1 is 1.42 bits per heavy atom. The first kappa shape index (κ1) is 14.3. The second-order valence-corrected chi connectivity index (χ2v) is 5.67. The van der Waals surface area contributed by atoms with E-state index >= 15 is 0 Å². The number of hydrogen-bond donors (Lipinski definition) is 0. The summed E-state index contributed by atoms with van der Waals surface area (Å²) >= 11 is 0. The number of carbonyl (C=O) groups excluding carboxylic acids is 1. The third-order valence-electron chi connectivity index (χ3n) is 3.75. The van der Waals surface area contributed by atoms with Gasteiger partial charge in [-0.3, -0.25) is 0 Å². The number of hydrogen-bond acceptors (Lipinski definition) is 2. The smallest absolute Gasteiger partial charge is 0.396 e. The fourth-order valence-corrected chi connectivity index (χ4v) is 2.94. The number of ether oxygens (including phenoxy) is 1. The van der Waals surface area contributed by atoms with Gasteiger partial charge in [-0.05, 0) is 18.3 Å². The predicted molar refractivity (Wildman–Crippen MR) is 59.9 cm³/mol. The van der Waals surface area contributed by atoms with Crippen molar-refractivity contribution in [1.82, 2.24) is 0 Å². The van der Waals surface area contributed by atoms with E-state index in [1.54, 1.807) is 13.8 Å². The zero-order valence-corrected chi connectivity index (χ0v) is 10.7. The number of fused-ring (bicyclic) bond motifs is 2. The average Bonchev–Trinajstić information content (AvgIpc) is 2.83. The van der Waals surface area contributed by atoms with Crippen LogP contribution < -0.4 is 0 Å². The molecule has 19 heavy (non-hydrogen) atoms. The van der Waals surface area contributed by atoms with E-state index in [1.807, 2.05) is 0 Å². The highest BCUT2D eigenvalue weighted by Gasteiger charge is 2.70. The zero-order chi connectivity index (χ0) is 14.4. The molecule has 108 valence electrons. The van der Waals surface area contributed by atoms with Crippen molar-refractivity contribution in [3.05, 3.63) is 12.2 Å². The van der Waals surface area contributed by atoms with Crippen molar-refractivity contribution in [1.29, 1.82) is 0 Å². The lowest BCUT2D eigenvalue weighted by atomic mass is 9.79. The molecular weight excluding hydrogens is 264 g/mol. The minimum absolute atomic E-state index is 0.0253. The van der Waals surface area contributed by atoms with Crippen LogP contribution in [0.5, 0.6) is 0 Å². The van der Waals surface area contributed by atoms with Gasteiger partial charge < -0.3 is 4.74 Å². The molecule has 0 amide bonds. The molecule has 0 N–H and O–H groups in total. The standard InChI is InChI=1S/C13H16F4O2/c1-7(2)6-19-11(18)12(14)9-4-3-8(5-9)10(12)13(15,16)17/h3-4,7-10H,5-6H2,1-2H3. The topological polar surface area (TPSA) is 26.3 Å². The highest BCUT2D eigenvalue weighted by atomic mass is 19.4. The van der Waals surface area contributed by atoms with Crippen LogP contribution >= 0.6 is 0 Å². The lowest BCUT2D eigenvalue weighted by Gasteiger charge is -2.33. The summed E-state index contributed by atoms with van der Waals surface area (Å²) in [4.78, 5) is 11.8. The van der Waals surface area contributed by atoms with Gasteiger partial charge in [0.05, 0.1) is 6.61 Å². The van der Waals surface area contributed by atoms with Crippen molar-refractivity contribution in [3.8, 4) is 0 Å². The minimum Gasteiger partial charge on any atom is -0.463 e. The van der Waals surface area contributed by atoms with Crippen molar-refractivity contribution >= 4 is 5.97 Å². The van der Waals surface area contributed by atoms with Gasteiger partial charge in [0.25, 0.3) is 0 Å². The molecule has 0 aromatic rings. The fraction of sp³-hybridized carbons (Fsp3) is 0.769. The van der Waals surface area contributed by atoms with Crippen LogP contribution in [0.3, 0.4) is 0 Å². The van der Waals surface area contributed by atoms with E-state index < -0.39 is 35.6 Å². The molecule has 2 aliphatic rings. The van der Waals surface area contributed by atoms with E-state index in [-0.39, 0.29) is 18.9 Å². The summed E-state index contributed by atoms with van der Waals surface area (Å²) in [6.45, 7) is 3.40. The lowest BCUT2D eigenvalue weighted by Crippen LogP contribution is -2.52. The summed E-state index contributed by atoms with van der Waals surface area (Å²) in [5.74, 6) is -5.69. The molecule has 0 spiro atoms. The maximum atomic E-state index is 14.8. The monoisotopic (exact) mass is 280 g/mol. The molecule has 4 unspecified atom stereocenters. The Morgan fingerprint density at radius 2 is 2.05 bits per heavy atom. The second kappa shape index (κ2) is 4.49. The summed E-state index contributed by atoms with van der Waals surface area (Å²) in [6, 6.07) is 0.